The quantitative estimate of drug-likeness (QED) is 0.231. The standard InChI is InChI=1S/C20H30N6O2.HI/c1-16-24-25-19(26(16)2)14-23-20(22-13-18-9-6-11-28-18)21-10-12-27-15-17-7-4-3-5-8-17;/h3-5,7-8,18H,6,9-15H2,1-2H3,(H2,21,22,23);1H. The predicted molar refractivity (Wildman–Crippen MR) is 123 cm³/mol. The van der Waals surface area contributed by atoms with Crippen LogP contribution in [0.4, 0.5) is 0 Å². The highest BCUT2D eigenvalue weighted by Gasteiger charge is 2.15. The molecule has 0 amide bonds. The van der Waals surface area contributed by atoms with Gasteiger partial charge in [0, 0.05) is 26.7 Å². The molecule has 2 aromatic rings. The van der Waals surface area contributed by atoms with E-state index in [9.17, 15) is 0 Å². The molecule has 0 spiro atoms. The minimum atomic E-state index is 0. The fraction of sp³-hybridized carbons (Fsp3) is 0.550. The van der Waals surface area contributed by atoms with Crippen LogP contribution in [-0.2, 0) is 29.7 Å². The number of benzene rings is 1. The first kappa shape index (κ1) is 23.6. The van der Waals surface area contributed by atoms with Gasteiger partial charge in [0.05, 0.1) is 19.3 Å². The Hall–Kier alpha value is -1.72. The molecule has 29 heavy (non-hydrogen) atoms. The zero-order valence-corrected chi connectivity index (χ0v) is 19.5. The highest BCUT2D eigenvalue weighted by Crippen LogP contribution is 2.10. The van der Waals surface area contributed by atoms with Crippen LogP contribution in [0.25, 0.3) is 0 Å². The first-order chi connectivity index (χ1) is 13.7. The molecule has 0 saturated carbocycles. The number of aryl methyl sites for hydroxylation is 1. The average Bonchev–Trinajstić information content (AvgIpc) is 3.35. The topological polar surface area (TPSA) is 85.6 Å². The third-order valence-corrected chi connectivity index (χ3v) is 4.73. The molecule has 8 nitrogen and oxygen atoms in total. The van der Waals surface area contributed by atoms with Crippen molar-refractivity contribution < 1.29 is 9.47 Å². The zero-order valence-electron chi connectivity index (χ0n) is 17.1. The van der Waals surface area contributed by atoms with Crippen molar-refractivity contribution in [1.29, 1.82) is 0 Å². The lowest BCUT2D eigenvalue weighted by Crippen LogP contribution is -2.42. The summed E-state index contributed by atoms with van der Waals surface area (Å²) in [6.07, 6.45) is 2.46. The fourth-order valence-corrected chi connectivity index (χ4v) is 2.93. The number of nitrogens with zero attached hydrogens (tertiary/aromatic N) is 4. The fourth-order valence-electron chi connectivity index (χ4n) is 2.93. The number of hydrogen-bond acceptors (Lipinski definition) is 5. The van der Waals surface area contributed by atoms with Gasteiger partial charge in [0.2, 0.25) is 0 Å². The van der Waals surface area contributed by atoms with Crippen LogP contribution >= 0.6 is 24.0 Å². The van der Waals surface area contributed by atoms with Crippen molar-refractivity contribution in [3.05, 3.63) is 47.5 Å². The number of halogens is 1. The van der Waals surface area contributed by atoms with Gasteiger partial charge in [0.25, 0.3) is 0 Å². The second kappa shape index (κ2) is 12.8. The maximum atomic E-state index is 5.74. The van der Waals surface area contributed by atoms with Gasteiger partial charge in [0.15, 0.2) is 11.8 Å². The van der Waals surface area contributed by atoms with Gasteiger partial charge >= 0.3 is 0 Å². The lowest BCUT2D eigenvalue weighted by Gasteiger charge is -2.15. The minimum absolute atomic E-state index is 0. The SMILES string of the molecule is Cc1nnc(CN=C(NCCOCc2ccccc2)NCC2CCCO2)n1C.I. The van der Waals surface area contributed by atoms with Gasteiger partial charge < -0.3 is 24.7 Å². The summed E-state index contributed by atoms with van der Waals surface area (Å²) in [5.74, 6) is 2.44. The van der Waals surface area contributed by atoms with Gasteiger partial charge in [-0.25, -0.2) is 4.99 Å². The van der Waals surface area contributed by atoms with Gasteiger partial charge in [-0.15, -0.1) is 34.2 Å². The molecule has 2 N–H and O–H groups in total. The van der Waals surface area contributed by atoms with E-state index in [0.717, 1.165) is 43.6 Å². The van der Waals surface area contributed by atoms with Crippen LogP contribution in [0.1, 0.15) is 30.1 Å². The van der Waals surface area contributed by atoms with Crippen LogP contribution in [0.3, 0.4) is 0 Å². The Labute approximate surface area is 189 Å². The van der Waals surface area contributed by atoms with E-state index in [1.54, 1.807) is 0 Å². The van der Waals surface area contributed by atoms with Crippen molar-refractivity contribution >= 4 is 29.9 Å². The summed E-state index contributed by atoms with van der Waals surface area (Å²) in [5.41, 5.74) is 1.17. The van der Waals surface area contributed by atoms with Crippen LogP contribution in [0.2, 0.25) is 0 Å². The summed E-state index contributed by atoms with van der Waals surface area (Å²) in [5, 5.41) is 14.9. The third-order valence-electron chi connectivity index (χ3n) is 4.73. The summed E-state index contributed by atoms with van der Waals surface area (Å²) in [4.78, 5) is 4.64. The molecule has 1 saturated heterocycles. The van der Waals surface area contributed by atoms with Crippen LogP contribution in [0.5, 0.6) is 0 Å². The van der Waals surface area contributed by atoms with Gasteiger partial charge in [-0.2, -0.15) is 0 Å². The second-order valence-corrected chi connectivity index (χ2v) is 6.87. The van der Waals surface area contributed by atoms with Crippen LogP contribution in [-0.4, -0.2) is 53.1 Å². The van der Waals surface area contributed by atoms with E-state index in [-0.39, 0.29) is 30.1 Å². The van der Waals surface area contributed by atoms with E-state index < -0.39 is 0 Å². The molecule has 160 valence electrons. The van der Waals surface area contributed by atoms with Crippen molar-refractivity contribution in [2.24, 2.45) is 12.0 Å². The summed E-state index contributed by atoms with van der Waals surface area (Å²) in [7, 11) is 1.95. The molecular formula is C20H31IN6O2. The molecule has 1 fully saturated rings. The van der Waals surface area contributed by atoms with Crippen LogP contribution in [0, 0.1) is 6.92 Å². The largest absolute Gasteiger partial charge is 0.376 e. The molecule has 1 aromatic heterocycles. The maximum Gasteiger partial charge on any atom is 0.191 e. The second-order valence-electron chi connectivity index (χ2n) is 6.87. The number of ether oxygens (including phenoxy) is 2. The van der Waals surface area contributed by atoms with E-state index >= 15 is 0 Å². The van der Waals surface area contributed by atoms with Crippen LogP contribution < -0.4 is 10.6 Å². The lowest BCUT2D eigenvalue weighted by atomic mass is 10.2. The van der Waals surface area contributed by atoms with Gasteiger partial charge in [0.1, 0.15) is 12.4 Å². The van der Waals surface area contributed by atoms with Gasteiger partial charge in [-0.05, 0) is 25.3 Å². The third kappa shape index (κ3) is 7.90. The Balaban J connectivity index is 0.00000300. The molecule has 1 atom stereocenters. The number of hydrogen-bond donors (Lipinski definition) is 2. The first-order valence-electron chi connectivity index (χ1n) is 9.82. The van der Waals surface area contributed by atoms with Crippen molar-refractivity contribution in [3.63, 3.8) is 0 Å². The molecule has 0 bridgehead atoms. The molecule has 2 heterocycles. The molecule has 3 rings (SSSR count). The highest BCUT2D eigenvalue weighted by molar-refractivity contribution is 14.0. The van der Waals surface area contributed by atoms with E-state index in [1.165, 1.54) is 5.56 Å². The van der Waals surface area contributed by atoms with E-state index in [1.807, 2.05) is 36.7 Å². The average molecular weight is 514 g/mol. The van der Waals surface area contributed by atoms with Crippen molar-refractivity contribution in [1.82, 2.24) is 25.4 Å². The summed E-state index contributed by atoms with van der Waals surface area (Å²) in [6, 6.07) is 10.2. The van der Waals surface area contributed by atoms with E-state index in [2.05, 4.69) is 38.0 Å². The normalized spacial score (nSPS) is 16.5. The maximum absolute atomic E-state index is 5.74. The van der Waals surface area contributed by atoms with E-state index in [4.69, 9.17) is 9.47 Å². The van der Waals surface area contributed by atoms with Crippen molar-refractivity contribution in [3.8, 4) is 0 Å². The minimum Gasteiger partial charge on any atom is -0.376 e. The Kier molecular flexibility index (Phi) is 10.4. The lowest BCUT2D eigenvalue weighted by molar-refractivity contribution is 0.113. The molecule has 0 radical (unpaired) electrons. The molecule has 1 aliphatic rings. The number of aliphatic imine (C=N–C) groups is 1. The van der Waals surface area contributed by atoms with Gasteiger partial charge in [-0.1, -0.05) is 30.3 Å². The number of aromatic nitrogens is 3. The first-order valence-corrected chi connectivity index (χ1v) is 9.82. The summed E-state index contributed by atoms with van der Waals surface area (Å²) in [6.45, 7) is 5.85. The predicted octanol–water partition coefficient (Wildman–Crippen LogP) is 2.17. The Bertz CT molecular complexity index is 747. The van der Waals surface area contributed by atoms with Crippen molar-refractivity contribution in [2.45, 2.75) is 39.0 Å². The Morgan fingerprint density at radius 3 is 2.79 bits per heavy atom. The Morgan fingerprint density at radius 1 is 1.28 bits per heavy atom. The van der Waals surface area contributed by atoms with Crippen LogP contribution in [0.15, 0.2) is 35.3 Å². The summed E-state index contributed by atoms with van der Waals surface area (Å²) < 4.78 is 13.4. The Morgan fingerprint density at radius 2 is 2.10 bits per heavy atom. The molecular weight excluding hydrogens is 483 g/mol. The smallest absolute Gasteiger partial charge is 0.191 e. The molecule has 9 heteroatoms. The van der Waals surface area contributed by atoms with Gasteiger partial charge in [-0.3, -0.25) is 0 Å². The number of nitrogens with one attached hydrogen (secondary N) is 2. The number of rotatable bonds is 9. The molecule has 1 aromatic carbocycles. The summed E-state index contributed by atoms with van der Waals surface area (Å²) >= 11 is 0. The monoisotopic (exact) mass is 514 g/mol. The molecule has 1 unspecified atom stereocenters. The van der Waals surface area contributed by atoms with Crippen molar-refractivity contribution in [2.75, 3.05) is 26.3 Å². The number of guanidine groups is 1. The molecule has 0 aliphatic carbocycles. The zero-order chi connectivity index (χ0) is 19.6. The highest BCUT2D eigenvalue weighted by atomic mass is 127. The van der Waals surface area contributed by atoms with E-state index in [0.29, 0.717) is 26.3 Å². The molecule has 1 aliphatic heterocycles.